The van der Waals surface area contributed by atoms with Crippen LogP contribution in [0.1, 0.15) is 10.5 Å². The van der Waals surface area contributed by atoms with E-state index in [2.05, 4.69) is 4.98 Å². The smallest absolute Gasteiger partial charge is 0.354 e. The topological polar surface area (TPSA) is 62.7 Å². The van der Waals surface area contributed by atoms with E-state index in [1.807, 2.05) is 36.2 Å². The molecule has 5 nitrogen and oxygen atoms in total. The van der Waals surface area contributed by atoms with E-state index in [0.717, 1.165) is 17.1 Å². The summed E-state index contributed by atoms with van der Waals surface area (Å²) in [6, 6.07) is 10.8. The minimum absolute atomic E-state index is 0.0252. The van der Waals surface area contributed by atoms with Crippen LogP contribution in [0.25, 0.3) is 0 Å². The molecule has 0 radical (unpaired) electrons. The lowest BCUT2D eigenvalue weighted by Crippen LogP contribution is -2.11. The number of aromatic carboxylic acids is 1. The van der Waals surface area contributed by atoms with Crippen LogP contribution in [0.5, 0.6) is 5.75 Å². The fourth-order valence-corrected chi connectivity index (χ4v) is 1.76. The molecule has 0 fully saturated rings. The van der Waals surface area contributed by atoms with Gasteiger partial charge in [-0.25, -0.2) is 9.78 Å². The number of pyridine rings is 1. The Morgan fingerprint density at radius 3 is 2.58 bits per heavy atom. The fraction of sp³-hybridized carbons (Fsp3) is 0.143. The molecule has 19 heavy (non-hydrogen) atoms. The van der Waals surface area contributed by atoms with Gasteiger partial charge in [-0.2, -0.15) is 0 Å². The van der Waals surface area contributed by atoms with Crippen LogP contribution in [-0.2, 0) is 0 Å². The Morgan fingerprint density at radius 1 is 1.26 bits per heavy atom. The molecule has 2 rings (SSSR count). The van der Waals surface area contributed by atoms with Gasteiger partial charge in [-0.05, 0) is 24.3 Å². The highest BCUT2D eigenvalue weighted by molar-refractivity contribution is 5.85. The van der Waals surface area contributed by atoms with Crippen molar-refractivity contribution in [1.82, 2.24) is 4.98 Å². The minimum atomic E-state index is -1.04. The largest absolute Gasteiger partial charge is 0.495 e. The van der Waals surface area contributed by atoms with Crippen molar-refractivity contribution in [2.24, 2.45) is 0 Å². The molecular weight excluding hydrogens is 244 g/mol. The van der Waals surface area contributed by atoms with Gasteiger partial charge >= 0.3 is 5.97 Å². The Kier molecular flexibility index (Phi) is 3.66. The highest BCUT2D eigenvalue weighted by Crippen LogP contribution is 2.31. The first-order valence-corrected chi connectivity index (χ1v) is 5.69. The second-order valence-electron chi connectivity index (χ2n) is 3.94. The summed E-state index contributed by atoms with van der Waals surface area (Å²) < 4.78 is 5.29. The van der Waals surface area contributed by atoms with Gasteiger partial charge in [0, 0.05) is 7.05 Å². The molecule has 0 amide bonds. The van der Waals surface area contributed by atoms with Crippen molar-refractivity contribution in [3.05, 3.63) is 48.3 Å². The van der Waals surface area contributed by atoms with Crippen molar-refractivity contribution in [3.8, 4) is 5.75 Å². The lowest BCUT2D eigenvalue weighted by Gasteiger charge is -2.21. The number of ether oxygens (including phenoxy) is 1. The van der Waals surface area contributed by atoms with Crippen molar-refractivity contribution >= 4 is 17.3 Å². The summed E-state index contributed by atoms with van der Waals surface area (Å²) >= 11 is 0. The van der Waals surface area contributed by atoms with Crippen LogP contribution in [-0.4, -0.2) is 30.2 Å². The summed E-state index contributed by atoms with van der Waals surface area (Å²) in [6.45, 7) is 0. The summed E-state index contributed by atoms with van der Waals surface area (Å²) in [7, 11) is 3.48. The lowest BCUT2D eigenvalue weighted by atomic mass is 10.2. The maximum atomic E-state index is 10.8. The van der Waals surface area contributed by atoms with Gasteiger partial charge in [0.2, 0.25) is 0 Å². The van der Waals surface area contributed by atoms with E-state index >= 15 is 0 Å². The monoisotopic (exact) mass is 258 g/mol. The van der Waals surface area contributed by atoms with Crippen molar-refractivity contribution in [1.29, 1.82) is 0 Å². The molecule has 0 aliphatic rings. The number of benzene rings is 1. The van der Waals surface area contributed by atoms with E-state index in [-0.39, 0.29) is 5.69 Å². The lowest BCUT2D eigenvalue weighted by molar-refractivity contribution is 0.0690. The molecule has 1 heterocycles. The number of aromatic nitrogens is 1. The molecule has 98 valence electrons. The number of hydrogen-bond acceptors (Lipinski definition) is 4. The van der Waals surface area contributed by atoms with Crippen LogP contribution in [0.15, 0.2) is 42.6 Å². The average molecular weight is 258 g/mol. The van der Waals surface area contributed by atoms with E-state index in [0.29, 0.717) is 0 Å². The number of nitrogens with zero attached hydrogens (tertiary/aromatic N) is 2. The first kappa shape index (κ1) is 12.9. The standard InChI is InChI=1S/C14H14N2O3/c1-16(12-5-3-4-6-13(12)19-2)10-7-8-11(14(17)18)15-9-10/h3-9H,1-2H3,(H,17,18). The number of carboxylic acids is 1. The van der Waals surface area contributed by atoms with Crippen LogP contribution in [0.4, 0.5) is 11.4 Å². The summed E-state index contributed by atoms with van der Waals surface area (Å²) in [6.07, 6.45) is 1.52. The first-order chi connectivity index (χ1) is 9.13. The second kappa shape index (κ2) is 5.39. The molecule has 2 aromatic rings. The van der Waals surface area contributed by atoms with Crippen molar-refractivity contribution in [2.45, 2.75) is 0 Å². The van der Waals surface area contributed by atoms with Crippen LogP contribution in [0, 0.1) is 0 Å². The number of para-hydroxylation sites is 2. The predicted molar refractivity (Wildman–Crippen MR) is 72.3 cm³/mol. The Balaban J connectivity index is 2.33. The third kappa shape index (κ3) is 2.65. The van der Waals surface area contributed by atoms with Gasteiger partial charge in [0.15, 0.2) is 0 Å². The molecule has 0 aliphatic heterocycles. The Labute approximate surface area is 111 Å². The molecule has 0 saturated heterocycles. The Morgan fingerprint density at radius 2 is 2.00 bits per heavy atom. The molecule has 1 N–H and O–H groups in total. The highest BCUT2D eigenvalue weighted by atomic mass is 16.5. The number of carboxylic acid groups (broad SMARTS) is 1. The number of methoxy groups -OCH3 is 1. The summed E-state index contributed by atoms with van der Waals surface area (Å²) in [4.78, 5) is 16.5. The number of hydrogen-bond donors (Lipinski definition) is 1. The van der Waals surface area contributed by atoms with Crippen molar-refractivity contribution < 1.29 is 14.6 Å². The van der Waals surface area contributed by atoms with Crippen LogP contribution >= 0.6 is 0 Å². The summed E-state index contributed by atoms with van der Waals surface area (Å²) in [5, 5.41) is 8.82. The van der Waals surface area contributed by atoms with E-state index in [4.69, 9.17) is 9.84 Å². The van der Waals surface area contributed by atoms with Gasteiger partial charge in [-0.1, -0.05) is 12.1 Å². The van der Waals surface area contributed by atoms with Crippen LogP contribution in [0.3, 0.4) is 0 Å². The quantitative estimate of drug-likeness (QED) is 0.913. The van der Waals surface area contributed by atoms with Gasteiger partial charge in [-0.15, -0.1) is 0 Å². The maximum Gasteiger partial charge on any atom is 0.354 e. The fourth-order valence-electron chi connectivity index (χ4n) is 1.76. The van der Waals surface area contributed by atoms with Gasteiger partial charge < -0.3 is 14.7 Å². The van der Waals surface area contributed by atoms with E-state index in [1.165, 1.54) is 12.3 Å². The molecule has 0 bridgehead atoms. The average Bonchev–Trinajstić information content (AvgIpc) is 2.46. The Bertz CT molecular complexity index is 581. The number of carbonyl (C=O) groups is 1. The summed E-state index contributed by atoms with van der Waals surface area (Å²) in [5.41, 5.74) is 1.70. The highest BCUT2D eigenvalue weighted by Gasteiger charge is 2.11. The van der Waals surface area contributed by atoms with Crippen molar-refractivity contribution in [2.75, 3.05) is 19.1 Å². The van der Waals surface area contributed by atoms with Crippen LogP contribution < -0.4 is 9.64 Å². The third-order valence-corrected chi connectivity index (χ3v) is 2.80. The van der Waals surface area contributed by atoms with Gasteiger partial charge in [0.1, 0.15) is 11.4 Å². The molecular formula is C14H14N2O3. The number of anilines is 2. The van der Waals surface area contributed by atoms with E-state index in [9.17, 15) is 4.79 Å². The molecule has 1 aromatic heterocycles. The maximum absolute atomic E-state index is 10.8. The first-order valence-electron chi connectivity index (χ1n) is 5.69. The second-order valence-corrected chi connectivity index (χ2v) is 3.94. The third-order valence-electron chi connectivity index (χ3n) is 2.80. The molecule has 0 unspecified atom stereocenters. The zero-order valence-electron chi connectivity index (χ0n) is 10.7. The zero-order valence-corrected chi connectivity index (χ0v) is 10.7. The van der Waals surface area contributed by atoms with E-state index < -0.39 is 5.97 Å². The minimum Gasteiger partial charge on any atom is -0.495 e. The molecule has 5 heteroatoms. The molecule has 0 saturated carbocycles. The molecule has 0 aliphatic carbocycles. The Hall–Kier alpha value is -2.56. The van der Waals surface area contributed by atoms with Gasteiger partial charge in [0.05, 0.1) is 24.7 Å². The summed E-state index contributed by atoms with van der Waals surface area (Å²) in [5.74, 6) is -0.293. The molecule has 1 aromatic carbocycles. The van der Waals surface area contributed by atoms with Crippen LogP contribution in [0.2, 0.25) is 0 Å². The molecule has 0 atom stereocenters. The normalized spacial score (nSPS) is 10.0. The van der Waals surface area contributed by atoms with Gasteiger partial charge in [0.25, 0.3) is 0 Å². The SMILES string of the molecule is COc1ccccc1N(C)c1ccc(C(=O)O)nc1. The van der Waals surface area contributed by atoms with E-state index in [1.54, 1.807) is 13.2 Å². The number of rotatable bonds is 4. The van der Waals surface area contributed by atoms with Gasteiger partial charge in [-0.3, -0.25) is 0 Å². The predicted octanol–water partition coefficient (Wildman–Crippen LogP) is 2.56. The molecule has 0 spiro atoms. The zero-order chi connectivity index (χ0) is 13.8. The van der Waals surface area contributed by atoms with Crippen molar-refractivity contribution in [3.63, 3.8) is 0 Å².